The number of fused-ring (bicyclic) bond motifs is 2. The van der Waals surface area contributed by atoms with Gasteiger partial charge < -0.3 is 4.90 Å². The molecule has 1 saturated carbocycles. The molecule has 6 rings (SSSR count). The van der Waals surface area contributed by atoms with Gasteiger partial charge in [-0.2, -0.15) is 5.26 Å². The number of carbonyl (C=O) groups is 1. The zero-order valence-electron chi connectivity index (χ0n) is 19.4. The standard InChI is InChI=1S/C31H30N2O/c32-19-21-15-17-23(18-16-21)28-25-13-8-7-11-24(25)26-12-5-2-6-14-27-29(26)30(28)31(34)33(27)20-22-9-3-1-4-10-22/h1,3-4,7-11,13,15-18,26-30H,2,5-6,12,14,20H2/t26-,27+,28-,29+,30+/m1/s1. The van der Waals surface area contributed by atoms with Crippen LogP contribution in [0.3, 0.4) is 0 Å². The number of nitrogens with zero attached hydrogens (tertiary/aromatic N) is 2. The molecule has 3 aliphatic rings. The van der Waals surface area contributed by atoms with Crippen molar-refractivity contribution in [1.29, 1.82) is 5.26 Å². The van der Waals surface area contributed by atoms with E-state index in [4.69, 9.17) is 0 Å². The lowest BCUT2D eigenvalue weighted by atomic mass is 9.59. The predicted molar refractivity (Wildman–Crippen MR) is 133 cm³/mol. The van der Waals surface area contributed by atoms with Gasteiger partial charge in [-0.25, -0.2) is 0 Å². The number of rotatable bonds is 3. The first kappa shape index (κ1) is 21.2. The van der Waals surface area contributed by atoms with E-state index in [1.54, 1.807) is 0 Å². The van der Waals surface area contributed by atoms with Crippen molar-refractivity contribution in [3.63, 3.8) is 0 Å². The number of hydrogen-bond donors (Lipinski definition) is 0. The van der Waals surface area contributed by atoms with Crippen LogP contribution in [0.5, 0.6) is 0 Å². The van der Waals surface area contributed by atoms with E-state index in [2.05, 4.69) is 71.6 Å². The highest BCUT2D eigenvalue weighted by atomic mass is 16.2. The third kappa shape index (κ3) is 3.44. The minimum Gasteiger partial charge on any atom is -0.335 e. The molecule has 1 amide bonds. The third-order valence-corrected chi connectivity index (χ3v) is 8.49. The lowest BCUT2D eigenvalue weighted by Gasteiger charge is -2.43. The molecule has 2 aliphatic carbocycles. The second kappa shape index (κ2) is 8.76. The van der Waals surface area contributed by atoms with E-state index in [-0.39, 0.29) is 17.9 Å². The SMILES string of the molecule is N#Cc1ccc([C@@H]2c3ccccc3[C@H]3CCCCC[C@H]4[C@H]3[C@H]2C(=O)N4Cc2ccccc2)cc1. The maximum atomic E-state index is 14.3. The van der Waals surface area contributed by atoms with Crippen molar-refractivity contribution >= 4 is 5.91 Å². The average molecular weight is 447 g/mol. The number of amides is 1. The van der Waals surface area contributed by atoms with Crippen LogP contribution in [-0.4, -0.2) is 16.8 Å². The maximum Gasteiger partial charge on any atom is 0.227 e. The Morgan fingerprint density at radius 1 is 0.824 bits per heavy atom. The Bertz CT molecular complexity index is 1230. The summed E-state index contributed by atoms with van der Waals surface area (Å²) < 4.78 is 0. The summed E-state index contributed by atoms with van der Waals surface area (Å²) in [5.41, 5.74) is 5.79. The normalized spacial score (nSPS) is 27.8. The van der Waals surface area contributed by atoms with Crippen LogP contribution in [0.25, 0.3) is 0 Å². The van der Waals surface area contributed by atoms with Crippen LogP contribution in [0.15, 0.2) is 78.9 Å². The molecule has 1 aliphatic heterocycles. The number of carbonyl (C=O) groups excluding carboxylic acids is 1. The van der Waals surface area contributed by atoms with Crippen molar-refractivity contribution in [2.24, 2.45) is 11.8 Å². The minimum absolute atomic E-state index is 0.0420. The average Bonchev–Trinajstić information content (AvgIpc) is 3.13. The number of hydrogen-bond acceptors (Lipinski definition) is 2. The van der Waals surface area contributed by atoms with Gasteiger partial charge >= 0.3 is 0 Å². The van der Waals surface area contributed by atoms with E-state index < -0.39 is 0 Å². The molecule has 0 unspecified atom stereocenters. The van der Waals surface area contributed by atoms with Crippen LogP contribution in [-0.2, 0) is 11.3 Å². The van der Waals surface area contributed by atoms with Crippen molar-refractivity contribution in [2.75, 3.05) is 0 Å². The van der Waals surface area contributed by atoms with Gasteiger partial charge in [-0.3, -0.25) is 4.79 Å². The molecule has 170 valence electrons. The van der Waals surface area contributed by atoms with Crippen molar-refractivity contribution in [2.45, 2.75) is 56.5 Å². The topological polar surface area (TPSA) is 44.1 Å². The largest absolute Gasteiger partial charge is 0.335 e. The first-order valence-corrected chi connectivity index (χ1v) is 12.7. The lowest BCUT2D eigenvalue weighted by molar-refractivity contribution is -0.133. The Balaban J connectivity index is 1.50. The summed E-state index contributed by atoms with van der Waals surface area (Å²) in [6.45, 7) is 0.695. The predicted octanol–water partition coefficient (Wildman–Crippen LogP) is 6.39. The molecule has 0 spiro atoms. The Hall–Kier alpha value is -3.38. The number of benzene rings is 3. The van der Waals surface area contributed by atoms with Gasteiger partial charge in [0.2, 0.25) is 5.91 Å². The highest BCUT2D eigenvalue weighted by molar-refractivity contribution is 5.85. The van der Waals surface area contributed by atoms with E-state index in [9.17, 15) is 10.1 Å². The van der Waals surface area contributed by atoms with E-state index in [0.29, 0.717) is 29.9 Å². The molecule has 5 atom stereocenters. The van der Waals surface area contributed by atoms with Crippen LogP contribution in [0.1, 0.15) is 71.8 Å². The fraction of sp³-hybridized carbons (Fsp3) is 0.355. The molecule has 1 saturated heterocycles. The highest BCUT2D eigenvalue weighted by Gasteiger charge is 2.57. The summed E-state index contributed by atoms with van der Waals surface area (Å²) in [5, 5.41) is 9.32. The summed E-state index contributed by atoms with van der Waals surface area (Å²) in [6, 6.07) is 29.8. The molecule has 3 aromatic carbocycles. The van der Waals surface area contributed by atoms with Crippen LogP contribution in [0, 0.1) is 23.2 Å². The quantitative estimate of drug-likeness (QED) is 0.468. The van der Waals surface area contributed by atoms with Gasteiger partial charge in [-0.1, -0.05) is 86.0 Å². The van der Waals surface area contributed by atoms with Crippen LogP contribution in [0.4, 0.5) is 0 Å². The fourth-order valence-corrected chi connectivity index (χ4v) is 7.10. The second-order valence-electron chi connectivity index (χ2n) is 10.2. The van der Waals surface area contributed by atoms with Gasteiger partial charge in [0.1, 0.15) is 0 Å². The van der Waals surface area contributed by atoms with E-state index in [1.165, 1.54) is 42.4 Å². The first-order valence-electron chi connectivity index (χ1n) is 12.7. The molecular formula is C31H30N2O. The number of nitriles is 1. The lowest BCUT2D eigenvalue weighted by Crippen LogP contribution is -2.38. The fourth-order valence-electron chi connectivity index (χ4n) is 7.10. The van der Waals surface area contributed by atoms with Gasteiger partial charge in [0.25, 0.3) is 0 Å². The van der Waals surface area contributed by atoms with Crippen molar-refractivity contribution in [3.8, 4) is 6.07 Å². The van der Waals surface area contributed by atoms with E-state index >= 15 is 0 Å². The number of likely N-dealkylation sites (tertiary alicyclic amines) is 1. The van der Waals surface area contributed by atoms with Gasteiger partial charge in [-0.05, 0) is 59.1 Å². The Morgan fingerprint density at radius 2 is 1.53 bits per heavy atom. The van der Waals surface area contributed by atoms with Crippen LogP contribution in [0.2, 0.25) is 0 Å². The van der Waals surface area contributed by atoms with Gasteiger partial charge in [0.15, 0.2) is 0 Å². The molecule has 0 bridgehead atoms. The monoisotopic (exact) mass is 446 g/mol. The molecule has 3 heteroatoms. The summed E-state index contributed by atoms with van der Waals surface area (Å²) >= 11 is 0. The first-order chi connectivity index (χ1) is 16.8. The molecule has 3 aromatic rings. The van der Waals surface area contributed by atoms with E-state index in [0.717, 1.165) is 12.0 Å². The van der Waals surface area contributed by atoms with E-state index in [1.807, 2.05) is 18.2 Å². The van der Waals surface area contributed by atoms with Crippen molar-refractivity contribution in [1.82, 2.24) is 4.90 Å². The molecule has 2 fully saturated rings. The third-order valence-electron chi connectivity index (χ3n) is 8.49. The van der Waals surface area contributed by atoms with Gasteiger partial charge in [0, 0.05) is 18.5 Å². The molecule has 1 heterocycles. The zero-order chi connectivity index (χ0) is 23.1. The molecule has 34 heavy (non-hydrogen) atoms. The summed E-state index contributed by atoms with van der Waals surface area (Å²) in [6.07, 6.45) is 5.95. The molecular weight excluding hydrogens is 416 g/mol. The molecule has 0 aromatic heterocycles. The molecule has 3 nitrogen and oxygen atoms in total. The Kier molecular flexibility index (Phi) is 5.46. The minimum atomic E-state index is -0.0420. The summed E-state index contributed by atoms with van der Waals surface area (Å²) in [5.74, 6) is 1.09. The Labute approximate surface area is 202 Å². The van der Waals surface area contributed by atoms with Gasteiger partial charge in [-0.15, -0.1) is 0 Å². The van der Waals surface area contributed by atoms with Gasteiger partial charge in [0.05, 0.1) is 17.6 Å². The second-order valence-corrected chi connectivity index (χ2v) is 10.2. The van der Waals surface area contributed by atoms with Crippen LogP contribution >= 0.6 is 0 Å². The maximum absolute atomic E-state index is 14.3. The molecule has 0 N–H and O–H groups in total. The van der Waals surface area contributed by atoms with Crippen molar-refractivity contribution in [3.05, 3.63) is 107 Å². The summed E-state index contributed by atoms with van der Waals surface area (Å²) in [4.78, 5) is 16.5. The van der Waals surface area contributed by atoms with Crippen LogP contribution < -0.4 is 0 Å². The molecule has 0 radical (unpaired) electrons. The smallest absolute Gasteiger partial charge is 0.227 e. The highest BCUT2D eigenvalue weighted by Crippen LogP contribution is 2.57. The zero-order valence-corrected chi connectivity index (χ0v) is 19.4. The summed E-state index contributed by atoms with van der Waals surface area (Å²) in [7, 11) is 0. The van der Waals surface area contributed by atoms with Crippen molar-refractivity contribution < 1.29 is 4.79 Å². The Morgan fingerprint density at radius 3 is 2.29 bits per heavy atom.